The number of benzene rings is 2. The van der Waals surface area contributed by atoms with Crippen LogP contribution in [0.2, 0.25) is 0 Å². The first-order valence-electron chi connectivity index (χ1n) is 9.48. The molecule has 0 saturated carbocycles. The van der Waals surface area contributed by atoms with Crippen LogP contribution in [-0.4, -0.2) is 43.6 Å². The van der Waals surface area contributed by atoms with Crippen LogP contribution in [-0.2, 0) is 0 Å². The molecule has 0 amide bonds. The second-order valence-corrected chi connectivity index (χ2v) is 7.08. The molecule has 0 aliphatic rings. The van der Waals surface area contributed by atoms with Crippen molar-refractivity contribution >= 4 is 16.7 Å². The second kappa shape index (κ2) is 6.84. The van der Waals surface area contributed by atoms with Gasteiger partial charge in [0.2, 0.25) is 0 Å². The number of hydrogen-bond acceptors (Lipinski definition) is 6. The van der Waals surface area contributed by atoms with E-state index in [1.54, 1.807) is 31.3 Å². The lowest BCUT2D eigenvalue weighted by molar-refractivity contribution is 0.355. The minimum absolute atomic E-state index is 0.573. The van der Waals surface area contributed by atoms with E-state index >= 15 is 0 Å². The van der Waals surface area contributed by atoms with Crippen LogP contribution in [0.3, 0.4) is 0 Å². The van der Waals surface area contributed by atoms with E-state index in [0.29, 0.717) is 23.0 Å². The minimum atomic E-state index is 0.573. The first-order chi connectivity index (χ1) is 14.6. The van der Waals surface area contributed by atoms with E-state index in [-0.39, 0.29) is 0 Å². The molecule has 3 heterocycles. The number of hydrogen-bond donors (Lipinski definition) is 0. The highest BCUT2D eigenvalue weighted by molar-refractivity contribution is 5.90. The molecular weight excluding hydrogens is 380 g/mol. The summed E-state index contributed by atoms with van der Waals surface area (Å²) in [5.41, 5.74) is 5.66. The van der Waals surface area contributed by atoms with Crippen LogP contribution in [0, 0.1) is 13.8 Å². The molecule has 5 rings (SSSR count). The monoisotopic (exact) mass is 400 g/mol. The van der Waals surface area contributed by atoms with Gasteiger partial charge in [-0.05, 0) is 55.3 Å². The molecule has 2 aromatic carbocycles. The van der Waals surface area contributed by atoms with E-state index in [9.17, 15) is 0 Å². The Hall–Kier alpha value is -3.94. The summed E-state index contributed by atoms with van der Waals surface area (Å²) in [6.45, 7) is 4.18. The molecule has 0 spiro atoms. The molecule has 0 atom stereocenters. The molecule has 30 heavy (non-hydrogen) atoms. The topological polar surface area (TPSA) is 79.4 Å². The second-order valence-electron chi connectivity index (χ2n) is 7.08. The lowest BCUT2D eigenvalue weighted by atomic mass is 10.1. The summed E-state index contributed by atoms with van der Waals surface area (Å²) in [6, 6.07) is 11.8. The zero-order valence-electron chi connectivity index (χ0n) is 17.1. The van der Waals surface area contributed by atoms with Crippen molar-refractivity contribution in [1.29, 1.82) is 0 Å². The maximum absolute atomic E-state index is 5.40. The molecule has 0 N–H and O–H groups in total. The average molecular weight is 400 g/mol. The first kappa shape index (κ1) is 18.1. The molecule has 8 nitrogen and oxygen atoms in total. The molecule has 0 saturated heterocycles. The van der Waals surface area contributed by atoms with Crippen molar-refractivity contribution in [3.8, 4) is 28.6 Å². The van der Waals surface area contributed by atoms with E-state index < -0.39 is 0 Å². The molecule has 0 aliphatic heterocycles. The van der Waals surface area contributed by atoms with Gasteiger partial charge >= 0.3 is 0 Å². The average Bonchev–Trinajstić information content (AvgIpc) is 3.39. The van der Waals surface area contributed by atoms with Gasteiger partial charge in [0.25, 0.3) is 0 Å². The van der Waals surface area contributed by atoms with Crippen molar-refractivity contribution in [2.45, 2.75) is 13.8 Å². The van der Waals surface area contributed by atoms with E-state index in [2.05, 4.69) is 41.2 Å². The maximum Gasteiger partial charge on any atom is 0.182 e. The van der Waals surface area contributed by atoms with Gasteiger partial charge in [-0.15, -0.1) is 5.10 Å². The molecule has 3 aromatic heterocycles. The first-order valence-corrected chi connectivity index (χ1v) is 9.48. The highest BCUT2D eigenvalue weighted by Gasteiger charge is 2.16. The van der Waals surface area contributed by atoms with Crippen molar-refractivity contribution in [2.24, 2.45) is 0 Å². The molecule has 0 unspecified atom stereocenters. The van der Waals surface area contributed by atoms with E-state index in [1.807, 2.05) is 28.9 Å². The van der Waals surface area contributed by atoms with Gasteiger partial charge < -0.3 is 9.47 Å². The molecule has 8 heteroatoms. The normalized spacial score (nSPS) is 11.3. The third kappa shape index (κ3) is 2.76. The summed E-state index contributed by atoms with van der Waals surface area (Å²) in [5.74, 6) is 1.85. The van der Waals surface area contributed by atoms with Crippen molar-refractivity contribution in [3.63, 3.8) is 0 Å². The predicted octanol–water partition coefficient (Wildman–Crippen LogP) is 3.76. The van der Waals surface area contributed by atoms with Gasteiger partial charge in [-0.3, -0.25) is 0 Å². The Labute approximate surface area is 172 Å². The lowest BCUT2D eigenvalue weighted by Gasteiger charge is -2.07. The summed E-state index contributed by atoms with van der Waals surface area (Å²) >= 11 is 0. The van der Waals surface area contributed by atoms with Crippen molar-refractivity contribution in [3.05, 3.63) is 60.0 Å². The fraction of sp³-hybridized carbons (Fsp3) is 0.182. The van der Waals surface area contributed by atoms with E-state index in [0.717, 1.165) is 22.3 Å². The van der Waals surface area contributed by atoms with Crippen LogP contribution >= 0.6 is 0 Å². The molecule has 0 bridgehead atoms. The summed E-state index contributed by atoms with van der Waals surface area (Å²) in [5, 5.41) is 9.97. The highest BCUT2D eigenvalue weighted by Crippen LogP contribution is 2.31. The van der Waals surface area contributed by atoms with Gasteiger partial charge in [-0.2, -0.15) is 5.10 Å². The Balaban J connectivity index is 1.64. The lowest BCUT2D eigenvalue weighted by Crippen LogP contribution is -1.99. The fourth-order valence-corrected chi connectivity index (χ4v) is 3.46. The maximum atomic E-state index is 5.40. The van der Waals surface area contributed by atoms with Gasteiger partial charge in [0, 0.05) is 5.56 Å². The van der Waals surface area contributed by atoms with Crippen molar-refractivity contribution in [2.75, 3.05) is 14.2 Å². The van der Waals surface area contributed by atoms with Gasteiger partial charge in [-0.25, -0.2) is 19.2 Å². The number of rotatable bonds is 4. The molecule has 0 radical (unpaired) electrons. The predicted molar refractivity (Wildman–Crippen MR) is 113 cm³/mol. The zero-order valence-corrected chi connectivity index (χ0v) is 17.1. The van der Waals surface area contributed by atoms with Crippen molar-refractivity contribution in [1.82, 2.24) is 29.4 Å². The summed E-state index contributed by atoms with van der Waals surface area (Å²) in [6.07, 6.45) is 3.44. The molecular formula is C22H20N6O2. The number of fused-ring (bicyclic) bond motifs is 3. The Morgan fingerprint density at radius 1 is 0.867 bits per heavy atom. The summed E-state index contributed by atoms with van der Waals surface area (Å²) in [7, 11) is 3.21. The zero-order chi connectivity index (χ0) is 20.8. The molecule has 0 fully saturated rings. The van der Waals surface area contributed by atoms with Gasteiger partial charge in [-0.1, -0.05) is 6.07 Å². The number of aryl methyl sites for hydroxylation is 2. The summed E-state index contributed by atoms with van der Waals surface area (Å²) in [4.78, 5) is 9.32. The van der Waals surface area contributed by atoms with Crippen LogP contribution in [0.4, 0.5) is 0 Å². The van der Waals surface area contributed by atoms with Gasteiger partial charge in [0.15, 0.2) is 28.6 Å². The smallest absolute Gasteiger partial charge is 0.182 e. The highest BCUT2D eigenvalue weighted by atomic mass is 16.5. The van der Waals surface area contributed by atoms with E-state index in [1.165, 1.54) is 11.1 Å². The third-order valence-electron chi connectivity index (χ3n) is 5.28. The number of aromatic nitrogens is 6. The van der Waals surface area contributed by atoms with Crippen LogP contribution in [0.5, 0.6) is 11.5 Å². The molecule has 0 aliphatic carbocycles. The SMILES string of the molecule is COc1ccc(-c2nc3c4cnn(-c5ccc(C)c(C)c5)c4ncn3n2)cc1OC. The Morgan fingerprint density at radius 2 is 1.70 bits per heavy atom. The number of methoxy groups -OCH3 is 2. The minimum Gasteiger partial charge on any atom is -0.493 e. The largest absolute Gasteiger partial charge is 0.493 e. The van der Waals surface area contributed by atoms with E-state index in [4.69, 9.17) is 14.5 Å². The number of nitrogens with zero attached hydrogens (tertiary/aromatic N) is 6. The number of ether oxygens (including phenoxy) is 2. The third-order valence-corrected chi connectivity index (χ3v) is 5.28. The Morgan fingerprint density at radius 3 is 2.47 bits per heavy atom. The van der Waals surface area contributed by atoms with Gasteiger partial charge in [0.05, 0.1) is 31.5 Å². The Kier molecular flexibility index (Phi) is 4.13. The quantitative estimate of drug-likeness (QED) is 0.457. The van der Waals surface area contributed by atoms with Crippen LogP contribution < -0.4 is 9.47 Å². The van der Waals surface area contributed by atoms with Gasteiger partial charge in [0.1, 0.15) is 6.33 Å². The Bertz CT molecular complexity index is 1400. The molecule has 150 valence electrons. The van der Waals surface area contributed by atoms with Crippen LogP contribution in [0.1, 0.15) is 11.1 Å². The standard InChI is InChI=1S/C22H20N6O2/c1-13-5-7-16(9-14(13)2)28-21-17(11-24-28)22-25-20(26-27(22)12-23-21)15-6-8-18(29-3)19(10-15)30-4/h5-12H,1-4H3. The van der Waals surface area contributed by atoms with Crippen molar-refractivity contribution < 1.29 is 9.47 Å². The molecule has 5 aromatic rings. The fourth-order valence-electron chi connectivity index (χ4n) is 3.46. The van der Waals surface area contributed by atoms with Crippen LogP contribution in [0.15, 0.2) is 48.9 Å². The summed E-state index contributed by atoms with van der Waals surface area (Å²) < 4.78 is 14.2. The van der Waals surface area contributed by atoms with Crippen LogP contribution in [0.25, 0.3) is 33.8 Å².